The molecule has 64 heavy (non-hydrogen) atoms. The van der Waals surface area contributed by atoms with Gasteiger partial charge >= 0.3 is 0 Å². The third kappa shape index (κ3) is 11.4. The summed E-state index contributed by atoms with van der Waals surface area (Å²) in [6.45, 7) is 2.13. The predicted octanol–water partition coefficient (Wildman–Crippen LogP) is 12.4. The van der Waals surface area contributed by atoms with Gasteiger partial charge in [0.15, 0.2) is 0 Å². The average Bonchev–Trinajstić information content (AvgIpc) is 3.60. The molecule has 6 nitrogen and oxygen atoms in total. The van der Waals surface area contributed by atoms with Crippen LogP contribution in [-0.4, -0.2) is 31.0 Å². The van der Waals surface area contributed by atoms with Gasteiger partial charge in [-0.25, -0.2) is 0 Å². The fourth-order valence-corrected chi connectivity index (χ4v) is 8.45. The average molecular weight is 847 g/mol. The summed E-state index contributed by atoms with van der Waals surface area (Å²) >= 11 is 0. The summed E-state index contributed by atoms with van der Waals surface area (Å²) in [5.74, 6) is 0.722. The molecule has 2 aliphatic carbocycles. The van der Waals surface area contributed by atoms with Gasteiger partial charge in [-0.05, 0) is 68.6 Å². The second kappa shape index (κ2) is 21.8. The van der Waals surface area contributed by atoms with E-state index >= 15 is 0 Å². The maximum Gasteiger partial charge on any atom is 0.125 e. The Morgan fingerprint density at radius 2 is 0.797 bits per heavy atom. The highest BCUT2D eigenvalue weighted by Crippen LogP contribution is 2.43. The van der Waals surface area contributed by atoms with E-state index in [1.54, 1.807) is 0 Å². The van der Waals surface area contributed by atoms with Crippen molar-refractivity contribution in [2.45, 2.75) is 70.0 Å². The van der Waals surface area contributed by atoms with Crippen LogP contribution < -0.4 is 4.74 Å². The van der Waals surface area contributed by atoms with Crippen molar-refractivity contribution < 1.29 is 28.4 Å². The number of hydrogen-bond acceptors (Lipinski definition) is 6. The molecule has 6 heteroatoms. The van der Waals surface area contributed by atoms with Gasteiger partial charge in [0.25, 0.3) is 0 Å². The predicted molar refractivity (Wildman–Crippen MR) is 252 cm³/mol. The van der Waals surface area contributed by atoms with Gasteiger partial charge in [-0.2, -0.15) is 0 Å². The summed E-state index contributed by atoms with van der Waals surface area (Å²) in [5, 5.41) is 0. The van der Waals surface area contributed by atoms with E-state index in [0.717, 1.165) is 51.1 Å². The van der Waals surface area contributed by atoms with Crippen LogP contribution in [0.5, 0.6) is 5.75 Å². The molecule has 0 amide bonds. The fraction of sp³-hybridized carbons (Fsp3) is 0.207. The first-order valence-corrected chi connectivity index (χ1v) is 22.2. The Balaban J connectivity index is 1.13. The Morgan fingerprint density at radius 1 is 0.359 bits per heavy atom. The SMILES string of the molecule is c1ccc(COC[C@H]2O[C@@H](c3cc(Cc4cc5cccccc-5c4)ccc3OCc3ccccc3)[C@H](OCc3ccccc3)[C@@H](OCc3ccccc3)[C@@H]2OCc2ccccc2)cc1. The molecule has 0 unspecified atom stereocenters. The largest absolute Gasteiger partial charge is 0.489 e. The van der Waals surface area contributed by atoms with Gasteiger partial charge in [0, 0.05) is 5.56 Å². The Morgan fingerprint density at radius 3 is 1.31 bits per heavy atom. The second-order valence-electron chi connectivity index (χ2n) is 16.4. The van der Waals surface area contributed by atoms with Crippen LogP contribution in [0.2, 0.25) is 0 Å². The minimum Gasteiger partial charge on any atom is -0.489 e. The van der Waals surface area contributed by atoms with E-state index in [1.807, 2.05) is 91.0 Å². The zero-order valence-corrected chi connectivity index (χ0v) is 36.0. The van der Waals surface area contributed by atoms with Gasteiger partial charge in [0.05, 0.1) is 33.0 Å². The topological polar surface area (TPSA) is 55.4 Å². The zero-order valence-electron chi connectivity index (χ0n) is 36.0. The number of benzene rings is 6. The van der Waals surface area contributed by atoms with Gasteiger partial charge in [-0.15, -0.1) is 0 Å². The number of rotatable bonds is 19. The molecule has 0 spiro atoms. The van der Waals surface area contributed by atoms with Crippen LogP contribution >= 0.6 is 0 Å². The second-order valence-corrected chi connectivity index (χ2v) is 16.4. The van der Waals surface area contributed by atoms with E-state index in [1.165, 1.54) is 16.7 Å². The molecule has 322 valence electrons. The normalized spacial score (nSPS) is 18.5. The van der Waals surface area contributed by atoms with Crippen molar-refractivity contribution in [2.24, 2.45) is 0 Å². The smallest absolute Gasteiger partial charge is 0.125 e. The Hall–Kier alpha value is -6.38. The van der Waals surface area contributed by atoms with Crippen molar-refractivity contribution in [3.8, 4) is 16.9 Å². The van der Waals surface area contributed by atoms with E-state index in [0.29, 0.717) is 33.0 Å². The quantitative estimate of drug-likeness (QED) is 0.0808. The lowest BCUT2D eigenvalue weighted by atomic mass is 9.88. The molecule has 0 bridgehead atoms. The fourth-order valence-electron chi connectivity index (χ4n) is 8.45. The van der Waals surface area contributed by atoms with Crippen LogP contribution in [-0.2, 0) is 63.1 Å². The van der Waals surface area contributed by atoms with Crippen LogP contribution in [0.25, 0.3) is 11.1 Å². The summed E-state index contributed by atoms with van der Waals surface area (Å²) in [4.78, 5) is 0. The molecule has 1 fully saturated rings. The van der Waals surface area contributed by atoms with Crippen LogP contribution in [0.1, 0.15) is 50.6 Å². The summed E-state index contributed by atoms with van der Waals surface area (Å²) in [6.07, 6.45) is -2.20. The first-order valence-electron chi connectivity index (χ1n) is 22.2. The van der Waals surface area contributed by atoms with Crippen molar-refractivity contribution >= 4 is 0 Å². The molecule has 6 aromatic rings. The molecule has 3 aliphatic rings. The number of ether oxygens (including phenoxy) is 6. The van der Waals surface area contributed by atoms with Crippen molar-refractivity contribution in [1.82, 2.24) is 0 Å². The van der Waals surface area contributed by atoms with E-state index in [2.05, 4.69) is 121 Å². The van der Waals surface area contributed by atoms with Gasteiger partial charge < -0.3 is 28.4 Å². The minimum absolute atomic E-state index is 0.263. The Kier molecular flexibility index (Phi) is 14.6. The lowest BCUT2D eigenvalue weighted by molar-refractivity contribution is -0.275. The van der Waals surface area contributed by atoms with Crippen LogP contribution in [0, 0.1) is 0 Å². The Bertz CT molecular complexity index is 2540. The van der Waals surface area contributed by atoms with Crippen molar-refractivity contribution in [3.05, 3.63) is 257 Å². The molecular formula is C58H54O6. The first-order chi connectivity index (χ1) is 31.7. The molecule has 0 radical (unpaired) electrons. The van der Waals surface area contributed by atoms with Crippen molar-refractivity contribution in [1.29, 1.82) is 0 Å². The molecule has 1 saturated heterocycles. The monoisotopic (exact) mass is 846 g/mol. The van der Waals surface area contributed by atoms with Gasteiger partial charge in [-0.3, -0.25) is 0 Å². The molecule has 9 rings (SSSR count). The van der Waals surface area contributed by atoms with Crippen LogP contribution in [0.3, 0.4) is 0 Å². The highest BCUT2D eigenvalue weighted by atomic mass is 16.6. The zero-order chi connectivity index (χ0) is 43.2. The molecule has 0 aromatic heterocycles. The molecule has 0 saturated carbocycles. The molecule has 0 N–H and O–H groups in total. The molecular weight excluding hydrogens is 793 g/mol. The first kappa shape index (κ1) is 42.9. The van der Waals surface area contributed by atoms with Gasteiger partial charge in [0.2, 0.25) is 0 Å². The highest BCUT2D eigenvalue weighted by Gasteiger charge is 2.49. The number of hydrogen-bond donors (Lipinski definition) is 0. The van der Waals surface area contributed by atoms with Crippen LogP contribution in [0.15, 0.2) is 212 Å². The summed E-state index contributed by atoms with van der Waals surface area (Å²) in [7, 11) is 0. The van der Waals surface area contributed by atoms with Gasteiger partial charge in [-0.1, -0.05) is 200 Å². The third-order valence-electron chi connectivity index (χ3n) is 11.7. The van der Waals surface area contributed by atoms with E-state index in [4.69, 9.17) is 28.4 Å². The Labute approximate surface area is 377 Å². The molecule has 5 atom stereocenters. The maximum atomic E-state index is 7.42. The van der Waals surface area contributed by atoms with Gasteiger partial charge in [0.1, 0.15) is 42.9 Å². The lowest BCUT2D eigenvalue weighted by Gasteiger charge is -2.46. The highest BCUT2D eigenvalue weighted by molar-refractivity contribution is 5.68. The van der Waals surface area contributed by atoms with E-state index in [-0.39, 0.29) is 6.61 Å². The van der Waals surface area contributed by atoms with Crippen molar-refractivity contribution in [3.63, 3.8) is 0 Å². The maximum absolute atomic E-state index is 7.42. The number of fused-ring (bicyclic) bond motifs is 1. The van der Waals surface area contributed by atoms with E-state index < -0.39 is 30.5 Å². The summed E-state index contributed by atoms with van der Waals surface area (Å²) < 4.78 is 42.0. The minimum atomic E-state index is -0.630. The van der Waals surface area contributed by atoms with Crippen molar-refractivity contribution in [2.75, 3.05) is 6.61 Å². The molecule has 1 aliphatic heterocycles. The van der Waals surface area contributed by atoms with E-state index in [9.17, 15) is 0 Å². The summed E-state index contributed by atoms with van der Waals surface area (Å²) in [5.41, 5.74) is 11.0. The summed E-state index contributed by atoms with van der Waals surface area (Å²) in [6, 6.07) is 72.9. The lowest BCUT2D eigenvalue weighted by Crippen LogP contribution is -2.58. The molecule has 6 aromatic carbocycles. The standard InChI is InChI=1S/C58H54O6/c1-7-19-43(20-8-1)37-59-42-54-56(61-39-45-23-11-3-12-24-45)58(63-41-47-27-15-5-16-28-47)57(62-40-46-25-13-4-14-26-46)55(64-54)52-36-48(31-32-53(52)60-38-44-21-9-2-10-22-44)33-49-34-50-29-17-6-18-30-51(50)35-49/h1-32,34-36,54-58H,33,37-42H2/t54-,55+,56-,57+,58+/m1/s1. The molecule has 1 heterocycles. The van der Waals surface area contributed by atoms with Crippen LogP contribution in [0.4, 0.5) is 0 Å². The third-order valence-corrected chi connectivity index (χ3v) is 11.7.